The highest BCUT2D eigenvalue weighted by molar-refractivity contribution is 5.81. The predicted octanol–water partition coefficient (Wildman–Crippen LogP) is 1.42. The van der Waals surface area contributed by atoms with E-state index in [0.29, 0.717) is 6.04 Å². The summed E-state index contributed by atoms with van der Waals surface area (Å²) >= 11 is 0. The first-order chi connectivity index (χ1) is 6.63. The molecule has 82 valence electrons. The average molecular weight is 198 g/mol. The minimum atomic E-state index is -0.376. The predicted molar refractivity (Wildman–Crippen MR) is 57.8 cm³/mol. The fourth-order valence-electron chi connectivity index (χ4n) is 2.05. The van der Waals surface area contributed by atoms with Crippen LogP contribution in [0, 0.1) is 5.92 Å². The molecule has 1 aliphatic rings. The van der Waals surface area contributed by atoms with Crippen LogP contribution in [0.4, 0.5) is 0 Å². The lowest BCUT2D eigenvalue weighted by molar-refractivity contribution is -0.122. The molecular formula is C11H22N2O. The monoisotopic (exact) mass is 198 g/mol. The molecule has 0 aromatic rings. The summed E-state index contributed by atoms with van der Waals surface area (Å²) in [6.07, 6.45) is 6.02. The zero-order valence-corrected chi connectivity index (χ0v) is 9.25. The fourth-order valence-corrected chi connectivity index (χ4v) is 2.05. The maximum Gasteiger partial charge on any atom is 0.236 e. The summed E-state index contributed by atoms with van der Waals surface area (Å²) in [6.45, 7) is 3.97. The second-order valence-corrected chi connectivity index (χ2v) is 4.42. The van der Waals surface area contributed by atoms with Gasteiger partial charge in [0.2, 0.25) is 5.91 Å². The first kappa shape index (κ1) is 11.5. The van der Waals surface area contributed by atoms with Gasteiger partial charge in [0.05, 0.1) is 6.04 Å². The van der Waals surface area contributed by atoms with E-state index >= 15 is 0 Å². The van der Waals surface area contributed by atoms with Crippen molar-refractivity contribution in [2.75, 3.05) is 0 Å². The van der Waals surface area contributed by atoms with Crippen molar-refractivity contribution in [3.63, 3.8) is 0 Å². The Hall–Kier alpha value is -0.570. The molecule has 1 amide bonds. The van der Waals surface area contributed by atoms with Crippen LogP contribution in [0.3, 0.4) is 0 Å². The Bertz CT molecular complexity index is 184. The molecule has 0 unspecified atom stereocenters. The number of amides is 1. The van der Waals surface area contributed by atoms with Gasteiger partial charge in [0.1, 0.15) is 0 Å². The van der Waals surface area contributed by atoms with Gasteiger partial charge in [-0.05, 0) is 38.5 Å². The molecule has 0 bridgehead atoms. The van der Waals surface area contributed by atoms with Crippen molar-refractivity contribution >= 4 is 5.91 Å². The van der Waals surface area contributed by atoms with Gasteiger partial charge in [-0.3, -0.25) is 4.79 Å². The summed E-state index contributed by atoms with van der Waals surface area (Å²) in [6, 6.07) is -0.00445. The van der Waals surface area contributed by atoms with Gasteiger partial charge in [-0.2, -0.15) is 0 Å². The van der Waals surface area contributed by atoms with E-state index < -0.39 is 0 Å². The lowest BCUT2D eigenvalue weighted by Crippen LogP contribution is -2.45. The Labute approximate surface area is 86.4 Å². The van der Waals surface area contributed by atoms with Crippen LogP contribution in [-0.4, -0.2) is 18.0 Å². The summed E-state index contributed by atoms with van der Waals surface area (Å²) in [5.41, 5.74) is 5.49. The highest BCUT2D eigenvalue weighted by atomic mass is 16.2. The van der Waals surface area contributed by atoms with Crippen LogP contribution < -0.4 is 11.1 Å². The summed E-state index contributed by atoms with van der Waals surface area (Å²) in [5, 5.41) is 3.00. The molecule has 1 saturated carbocycles. The van der Waals surface area contributed by atoms with Gasteiger partial charge in [-0.25, -0.2) is 0 Å². The molecule has 1 aliphatic carbocycles. The maximum absolute atomic E-state index is 11.3. The van der Waals surface area contributed by atoms with Crippen LogP contribution >= 0.6 is 0 Å². The van der Waals surface area contributed by atoms with Crippen molar-refractivity contribution in [1.82, 2.24) is 5.32 Å². The molecule has 3 nitrogen and oxygen atoms in total. The highest BCUT2D eigenvalue weighted by Gasteiger charge is 2.21. The van der Waals surface area contributed by atoms with Crippen molar-refractivity contribution in [3.8, 4) is 0 Å². The van der Waals surface area contributed by atoms with E-state index in [0.717, 1.165) is 18.8 Å². The molecule has 3 heteroatoms. The van der Waals surface area contributed by atoms with E-state index in [1.54, 1.807) is 6.92 Å². The molecule has 1 rings (SSSR count). The number of rotatable bonds is 3. The Morgan fingerprint density at radius 3 is 2.43 bits per heavy atom. The number of nitrogens with one attached hydrogen (secondary N) is 1. The zero-order valence-electron chi connectivity index (χ0n) is 9.25. The van der Waals surface area contributed by atoms with Gasteiger partial charge in [0.25, 0.3) is 0 Å². The third kappa shape index (κ3) is 3.29. The van der Waals surface area contributed by atoms with Crippen LogP contribution in [-0.2, 0) is 4.79 Å². The van der Waals surface area contributed by atoms with Crippen LogP contribution in [0.2, 0.25) is 0 Å². The molecule has 0 saturated heterocycles. The van der Waals surface area contributed by atoms with Crippen molar-refractivity contribution in [2.45, 2.75) is 58.0 Å². The minimum absolute atomic E-state index is 0.00931. The molecule has 14 heavy (non-hydrogen) atoms. The molecule has 0 aliphatic heterocycles. The van der Waals surface area contributed by atoms with Crippen LogP contribution in [0.1, 0.15) is 46.0 Å². The van der Waals surface area contributed by atoms with Crippen molar-refractivity contribution in [2.24, 2.45) is 11.7 Å². The molecule has 1 fully saturated rings. The van der Waals surface area contributed by atoms with Crippen molar-refractivity contribution < 1.29 is 4.79 Å². The number of hydrogen-bond donors (Lipinski definition) is 2. The molecule has 0 heterocycles. The first-order valence-corrected chi connectivity index (χ1v) is 5.69. The third-order valence-corrected chi connectivity index (χ3v) is 3.18. The largest absolute Gasteiger partial charge is 0.352 e. The molecule has 0 radical (unpaired) electrons. The quantitative estimate of drug-likeness (QED) is 0.720. The normalized spacial score (nSPS) is 29.6. The first-order valence-electron chi connectivity index (χ1n) is 5.69. The van der Waals surface area contributed by atoms with Crippen molar-refractivity contribution in [3.05, 3.63) is 0 Å². The highest BCUT2D eigenvalue weighted by Crippen LogP contribution is 2.26. The van der Waals surface area contributed by atoms with E-state index in [4.69, 9.17) is 5.73 Å². The second kappa shape index (κ2) is 5.35. The van der Waals surface area contributed by atoms with Gasteiger partial charge >= 0.3 is 0 Å². The summed E-state index contributed by atoms with van der Waals surface area (Å²) in [5.74, 6) is 0.864. The standard InChI is InChI=1S/C11H22N2O/c1-3-9-4-6-10(7-5-9)13-11(14)8(2)12/h8-10H,3-7,12H2,1-2H3,(H,13,14)/t8-,9?,10?/m0/s1. The van der Waals surface area contributed by atoms with E-state index in [1.165, 1.54) is 19.3 Å². The number of hydrogen-bond acceptors (Lipinski definition) is 2. The topological polar surface area (TPSA) is 55.1 Å². The zero-order chi connectivity index (χ0) is 10.6. The Morgan fingerprint density at radius 2 is 2.00 bits per heavy atom. The fraction of sp³-hybridized carbons (Fsp3) is 0.909. The Kier molecular flexibility index (Phi) is 4.39. The molecule has 1 atom stereocenters. The molecule has 3 N–H and O–H groups in total. The van der Waals surface area contributed by atoms with Crippen LogP contribution in [0.5, 0.6) is 0 Å². The summed E-state index contributed by atoms with van der Waals surface area (Å²) in [7, 11) is 0. The van der Waals surface area contributed by atoms with Gasteiger partial charge in [-0.15, -0.1) is 0 Å². The lowest BCUT2D eigenvalue weighted by Gasteiger charge is -2.28. The Balaban J connectivity index is 2.25. The molecule has 0 aromatic heterocycles. The van der Waals surface area contributed by atoms with Crippen molar-refractivity contribution in [1.29, 1.82) is 0 Å². The number of nitrogens with two attached hydrogens (primary N) is 1. The van der Waals surface area contributed by atoms with Crippen LogP contribution in [0.25, 0.3) is 0 Å². The smallest absolute Gasteiger partial charge is 0.236 e. The lowest BCUT2D eigenvalue weighted by atomic mass is 9.84. The third-order valence-electron chi connectivity index (χ3n) is 3.18. The van der Waals surface area contributed by atoms with E-state index in [-0.39, 0.29) is 11.9 Å². The van der Waals surface area contributed by atoms with Gasteiger partial charge in [0, 0.05) is 6.04 Å². The van der Waals surface area contributed by atoms with Gasteiger partial charge in [-0.1, -0.05) is 13.3 Å². The molecular weight excluding hydrogens is 176 g/mol. The summed E-state index contributed by atoms with van der Waals surface area (Å²) in [4.78, 5) is 11.3. The van der Waals surface area contributed by atoms with Gasteiger partial charge < -0.3 is 11.1 Å². The van der Waals surface area contributed by atoms with E-state index in [1.807, 2.05) is 0 Å². The number of carbonyl (C=O) groups is 1. The van der Waals surface area contributed by atoms with E-state index in [2.05, 4.69) is 12.2 Å². The number of carbonyl (C=O) groups excluding carboxylic acids is 1. The maximum atomic E-state index is 11.3. The second-order valence-electron chi connectivity index (χ2n) is 4.42. The summed E-state index contributed by atoms with van der Waals surface area (Å²) < 4.78 is 0. The van der Waals surface area contributed by atoms with Gasteiger partial charge in [0.15, 0.2) is 0 Å². The SMILES string of the molecule is CCC1CCC(NC(=O)[C@H](C)N)CC1. The van der Waals surface area contributed by atoms with Crippen LogP contribution in [0.15, 0.2) is 0 Å². The molecule has 0 aromatic carbocycles. The minimum Gasteiger partial charge on any atom is -0.352 e. The molecule has 0 spiro atoms. The van der Waals surface area contributed by atoms with E-state index in [9.17, 15) is 4.79 Å². The Morgan fingerprint density at radius 1 is 1.43 bits per heavy atom. The average Bonchev–Trinajstić information content (AvgIpc) is 2.19.